The average molecular weight is 514 g/mol. The maximum Gasteiger partial charge on any atom is 0.425 e. The summed E-state index contributed by atoms with van der Waals surface area (Å²) < 4.78 is 62.2. The van der Waals surface area contributed by atoms with E-state index in [1.807, 2.05) is 0 Å². The number of halogens is 4. The van der Waals surface area contributed by atoms with E-state index in [0.717, 1.165) is 9.13 Å². The van der Waals surface area contributed by atoms with Gasteiger partial charge in [0.05, 0.1) is 0 Å². The fourth-order valence-electron chi connectivity index (χ4n) is 3.16. The fourth-order valence-corrected chi connectivity index (χ4v) is 3.16. The monoisotopic (exact) mass is 514 g/mol. The highest BCUT2D eigenvalue weighted by Crippen LogP contribution is 2.28. The van der Waals surface area contributed by atoms with Crippen LogP contribution < -0.4 is 21.3 Å². The first kappa shape index (κ1) is 26.6. The van der Waals surface area contributed by atoms with Gasteiger partial charge in [-0.3, -0.25) is 14.2 Å². The van der Waals surface area contributed by atoms with Gasteiger partial charge in [0, 0.05) is 19.8 Å². The number of nitrogens with zero attached hydrogens (tertiary/aromatic N) is 5. The molecule has 194 valence electrons. The summed E-state index contributed by atoms with van der Waals surface area (Å²) in [7, 11) is 1.42. The molecule has 0 saturated heterocycles. The third kappa shape index (κ3) is 5.00. The van der Waals surface area contributed by atoms with Crippen LogP contribution in [0.1, 0.15) is 35.6 Å². The number of rotatable bonds is 7. The van der Waals surface area contributed by atoms with E-state index in [1.165, 1.54) is 26.2 Å². The number of hydrogen-bond acceptors (Lipinski definition) is 7. The van der Waals surface area contributed by atoms with E-state index in [9.17, 15) is 32.7 Å². The van der Waals surface area contributed by atoms with Gasteiger partial charge in [-0.25, -0.2) is 9.18 Å². The highest BCUT2D eigenvalue weighted by Gasteiger charge is 2.39. The van der Waals surface area contributed by atoms with Crippen LogP contribution in [0, 0.1) is 12.7 Å². The number of anilines is 1. The maximum absolute atomic E-state index is 15.1. The van der Waals surface area contributed by atoms with Crippen LogP contribution in [0.25, 0.3) is 5.82 Å². The Balaban J connectivity index is 2.18. The first-order valence-corrected chi connectivity index (χ1v) is 10.5. The zero-order valence-electron chi connectivity index (χ0n) is 19.6. The number of ether oxygens (including phenoxy) is 1. The number of carbonyl (C=O) groups is 1. The molecule has 0 aliphatic heterocycles. The SMILES string of the molecule is CCn1c(CO)nn(-c2nc(O[C@@H](C)C(F)(F)F)c(C(=O)Nc3c(C)ccn(C)c3=O)cc2F)c1=O. The second-order valence-electron chi connectivity index (χ2n) is 7.71. The normalized spacial score (nSPS) is 12.5. The molecular formula is C21H22F4N6O5. The summed E-state index contributed by atoms with van der Waals surface area (Å²) in [6, 6.07) is 2.03. The van der Waals surface area contributed by atoms with Crippen molar-refractivity contribution in [2.75, 3.05) is 5.32 Å². The number of aliphatic hydroxyl groups excluding tert-OH is 1. The lowest BCUT2D eigenvalue weighted by molar-refractivity contribution is -0.190. The van der Waals surface area contributed by atoms with Gasteiger partial charge in [0.25, 0.3) is 11.5 Å². The third-order valence-corrected chi connectivity index (χ3v) is 5.23. The van der Waals surface area contributed by atoms with Crippen molar-refractivity contribution in [3.05, 3.63) is 61.9 Å². The van der Waals surface area contributed by atoms with Gasteiger partial charge in [-0.15, -0.1) is 5.10 Å². The number of amides is 1. The summed E-state index contributed by atoms with van der Waals surface area (Å²) in [5, 5.41) is 15.4. The molecule has 0 unspecified atom stereocenters. The van der Waals surface area contributed by atoms with Crippen molar-refractivity contribution in [3.63, 3.8) is 0 Å². The average Bonchev–Trinajstić information content (AvgIpc) is 3.14. The quantitative estimate of drug-likeness (QED) is 0.458. The molecular weight excluding hydrogens is 492 g/mol. The predicted octanol–water partition coefficient (Wildman–Crippen LogP) is 1.67. The molecule has 2 N–H and O–H groups in total. The second kappa shape index (κ2) is 9.93. The highest BCUT2D eigenvalue weighted by molar-refractivity contribution is 6.06. The van der Waals surface area contributed by atoms with Crippen LogP contribution in [-0.2, 0) is 20.2 Å². The zero-order chi connectivity index (χ0) is 26.9. The van der Waals surface area contributed by atoms with Crippen molar-refractivity contribution in [3.8, 4) is 11.7 Å². The number of aliphatic hydroxyl groups is 1. The Labute approximate surface area is 200 Å². The molecule has 11 nitrogen and oxygen atoms in total. The summed E-state index contributed by atoms with van der Waals surface area (Å²) in [6.45, 7) is 3.08. The Morgan fingerprint density at radius 1 is 1.31 bits per heavy atom. The Kier molecular flexibility index (Phi) is 7.33. The summed E-state index contributed by atoms with van der Waals surface area (Å²) in [5.74, 6) is -4.42. The molecule has 15 heteroatoms. The molecule has 0 aliphatic carbocycles. The van der Waals surface area contributed by atoms with Crippen LogP contribution in [0.5, 0.6) is 5.88 Å². The topological polar surface area (TPSA) is 133 Å². The summed E-state index contributed by atoms with van der Waals surface area (Å²) in [4.78, 5) is 41.6. The maximum atomic E-state index is 15.1. The number of hydrogen-bond donors (Lipinski definition) is 2. The summed E-state index contributed by atoms with van der Waals surface area (Å²) in [6.07, 6.45) is -5.91. The van der Waals surface area contributed by atoms with Crippen molar-refractivity contribution in [1.82, 2.24) is 23.9 Å². The number of alkyl halides is 3. The van der Waals surface area contributed by atoms with Crippen molar-refractivity contribution < 1.29 is 32.2 Å². The zero-order valence-corrected chi connectivity index (χ0v) is 19.6. The molecule has 3 aromatic heterocycles. The molecule has 0 aromatic carbocycles. The van der Waals surface area contributed by atoms with Crippen LogP contribution in [-0.4, -0.2) is 47.2 Å². The minimum Gasteiger partial charge on any atom is -0.464 e. The van der Waals surface area contributed by atoms with Gasteiger partial charge in [-0.05, 0) is 38.5 Å². The summed E-state index contributed by atoms with van der Waals surface area (Å²) >= 11 is 0. The van der Waals surface area contributed by atoms with Gasteiger partial charge in [0.15, 0.2) is 23.6 Å². The minimum absolute atomic E-state index is 0.0523. The van der Waals surface area contributed by atoms with Crippen LogP contribution in [0.4, 0.5) is 23.2 Å². The van der Waals surface area contributed by atoms with Gasteiger partial charge < -0.3 is 19.7 Å². The first-order chi connectivity index (χ1) is 16.8. The van der Waals surface area contributed by atoms with E-state index in [1.54, 1.807) is 6.92 Å². The molecule has 0 spiro atoms. The lowest BCUT2D eigenvalue weighted by Gasteiger charge is -2.19. The second-order valence-corrected chi connectivity index (χ2v) is 7.71. The molecule has 1 amide bonds. The molecule has 0 radical (unpaired) electrons. The largest absolute Gasteiger partial charge is 0.464 e. The molecule has 0 aliphatic rings. The number of nitrogens with one attached hydrogen (secondary N) is 1. The van der Waals surface area contributed by atoms with Gasteiger partial charge in [0.1, 0.15) is 17.9 Å². The molecule has 0 saturated carbocycles. The van der Waals surface area contributed by atoms with E-state index in [0.29, 0.717) is 23.2 Å². The predicted molar refractivity (Wildman–Crippen MR) is 118 cm³/mol. The van der Waals surface area contributed by atoms with Crippen LogP contribution >= 0.6 is 0 Å². The Bertz CT molecular complexity index is 1430. The lowest BCUT2D eigenvalue weighted by Crippen LogP contribution is -2.33. The van der Waals surface area contributed by atoms with E-state index in [2.05, 4.69) is 15.4 Å². The number of aromatic nitrogens is 5. The standard InChI is InChI=1S/C21H22F4N6O5/c1-5-30-14(9-32)28-31(20(30)35)16-13(22)8-12(18(27-16)36-11(3)21(23,24)25)17(33)26-15-10(2)6-7-29(4)19(15)34/h6-8,11,32H,5,9H2,1-4H3,(H,26,33)/t11-/m0/s1. The lowest BCUT2D eigenvalue weighted by atomic mass is 10.2. The van der Waals surface area contributed by atoms with Crippen LogP contribution in [0.3, 0.4) is 0 Å². The fraction of sp³-hybridized carbons (Fsp3) is 0.381. The molecule has 36 heavy (non-hydrogen) atoms. The van der Waals surface area contributed by atoms with Gasteiger partial charge >= 0.3 is 11.9 Å². The van der Waals surface area contributed by atoms with Crippen LogP contribution in [0.15, 0.2) is 27.9 Å². The molecule has 0 fully saturated rings. The van der Waals surface area contributed by atoms with E-state index < -0.39 is 59.1 Å². The van der Waals surface area contributed by atoms with Crippen LogP contribution in [0.2, 0.25) is 0 Å². The van der Waals surface area contributed by atoms with E-state index >= 15 is 4.39 Å². The smallest absolute Gasteiger partial charge is 0.425 e. The third-order valence-electron chi connectivity index (χ3n) is 5.23. The minimum atomic E-state index is -4.87. The molecule has 3 aromatic rings. The number of aryl methyl sites for hydroxylation is 2. The Hall–Kier alpha value is -4.01. The van der Waals surface area contributed by atoms with Crippen molar-refractivity contribution in [2.24, 2.45) is 7.05 Å². The summed E-state index contributed by atoms with van der Waals surface area (Å²) in [5.41, 5.74) is -2.15. The molecule has 1 atom stereocenters. The molecule has 3 heterocycles. The van der Waals surface area contributed by atoms with Gasteiger partial charge in [0.2, 0.25) is 5.88 Å². The number of carbonyl (C=O) groups excluding carboxylic acids is 1. The first-order valence-electron chi connectivity index (χ1n) is 10.5. The van der Waals surface area contributed by atoms with Gasteiger partial charge in [-0.2, -0.15) is 22.8 Å². The number of pyridine rings is 2. The molecule has 0 bridgehead atoms. The molecule has 3 rings (SSSR count). The van der Waals surface area contributed by atoms with Gasteiger partial charge in [-0.1, -0.05) is 0 Å². The Morgan fingerprint density at radius 3 is 2.53 bits per heavy atom. The van der Waals surface area contributed by atoms with E-state index in [4.69, 9.17) is 4.74 Å². The van der Waals surface area contributed by atoms with Crippen molar-refractivity contribution >= 4 is 11.6 Å². The van der Waals surface area contributed by atoms with Crippen molar-refractivity contribution in [2.45, 2.75) is 46.2 Å². The Morgan fingerprint density at radius 2 is 1.97 bits per heavy atom. The highest BCUT2D eigenvalue weighted by atomic mass is 19.4. The van der Waals surface area contributed by atoms with Crippen molar-refractivity contribution in [1.29, 1.82) is 0 Å². The van der Waals surface area contributed by atoms with E-state index in [-0.39, 0.29) is 18.1 Å².